The maximum Gasteiger partial charge on any atom is 0.295 e. The molecule has 0 unspecified atom stereocenters. The van der Waals surface area contributed by atoms with Gasteiger partial charge in [0.25, 0.3) is 11.7 Å². The van der Waals surface area contributed by atoms with E-state index in [1.807, 2.05) is 36.5 Å². The molecule has 1 aliphatic heterocycles. The summed E-state index contributed by atoms with van der Waals surface area (Å²) in [7, 11) is 3.77. The Kier molecular flexibility index (Phi) is 5.20. The quantitative estimate of drug-likeness (QED) is 0.497. The Hall–Kier alpha value is -2.51. The number of amides is 1. The summed E-state index contributed by atoms with van der Waals surface area (Å²) in [5.74, 6) is -2.07. The van der Waals surface area contributed by atoms with E-state index in [1.165, 1.54) is 40.5 Å². The first-order valence-corrected chi connectivity index (χ1v) is 9.00. The number of Topliss-reactive ketones (excluding diaryl/α,β-unsaturated/α-hetero) is 1. The van der Waals surface area contributed by atoms with Gasteiger partial charge in [0.15, 0.2) is 0 Å². The third-order valence-corrected chi connectivity index (χ3v) is 5.18. The second-order valence-corrected chi connectivity index (χ2v) is 7.30. The summed E-state index contributed by atoms with van der Waals surface area (Å²) in [6.07, 6.45) is 0. The van der Waals surface area contributed by atoms with E-state index in [0.29, 0.717) is 18.7 Å². The van der Waals surface area contributed by atoms with Crippen molar-refractivity contribution in [2.75, 3.05) is 27.2 Å². The van der Waals surface area contributed by atoms with Crippen molar-refractivity contribution in [2.45, 2.75) is 6.04 Å². The summed E-state index contributed by atoms with van der Waals surface area (Å²) in [5.41, 5.74) is 0.348. The van der Waals surface area contributed by atoms with Crippen LogP contribution in [0.5, 0.6) is 0 Å². The van der Waals surface area contributed by atoms with E-state index in [0.717, 1.165) is 4.88 Å². The van der Waals surface area contributed by atoms with E-state index in [9.17, 15) is 19.1 Å². The van der Waals surface area contributed by atoms with Crippen LogP contribution in [0.15, 0.2) is 47.4 Å². The second kappa shape index (κ2) is 7.39. The van der Waals surface area contributed by atoms with Crippen LogP contribution in [-0.2, 0) is 9.59 Å². The maximum absolute atomic E-state index is 13.2. The molecular formula is C19H19FN2O3S. The lowest BCUT2D eigenvalue weighted by molar-refractivity contribution is -0.140. The van der Waals surface area contributed by atoms with Gasteiger partial charge in [-0.05, 0) is 49.8 Å². The van der Waals surface area contributed by atoms with E-state index >= 15 is 0 Å². The molecule has 1 aromatic heterocycles. The molecule has 0 saturated carbocycles. The number of rotatable bonds is 5. The Morgan fingerprint density at radius 3 is 2.50 bits per heavy atom. The fourth-order valence-corrected chi connectivity index (χ4v) is 3.77. The fourth-order valence-electron chi connectivity index (χ4n) is 2.92. The van der Waals surface area contributed by atoms with Crippen LogP contribution in [0.4, 0.5) is 4.39 Å². The van der Waals surface area contributed by atoms with Crippen molar-refractivity contribution in [3.8, 4) is 0 Å². The average Bonchev–Trinajstić information content (AvgIpc) is 3.21. The molecule has 0 radical (unpaired) electrons. The van der Waals surface area contributed by atoms with Gasteiger partial charge >= 0.3 is 0 Å². The molecule has 136 valence electrons. The minimum atomic E-state index is -0.719. The Morgan fingerprint density at radius 1 is 1.23 bits per heavy atom. The number of halogens is 1. The normalized spacial score (nSPS) is 19.5. The molecule has 1 saturated heterocycles. The third kappa shape index (κ3) is 3.40. The summed E-state index contributed by atoms with van der Waals surface area (Å²) in [6, 6.07) is 8.23. The lowest BCUT2D eigenvalue weighted by Crippen LogP contribution is -2.35. The molecular weight excluding hydrogens is 355 g/mol. The SMILES string of the molecule is CN(C)CCN1C(=O)C(=O)/C(=C(/O)c2ccc(F)cc2)[C@H]1c1cccs1. The summed E-state index contributed by atoms with van der Waals surface area (Å²) in [5, 5.41) is 12.6. The molecule has 0 bridgehead atoms. The second-order valence-electron chi connectivity index (χ2n) is 6.32. The van der Waals surface area contributed by atoms with Crippen molar-refractivity contribution in [1.82, 2.24) is 9.80 Å². The van der Waals surface area contributed by atoms with Crippen molar-refractivity contribution < 1.29 is 19.1 Å². The monoisotopic (exact) mass is 374 g/mol. The molecule has 1 aromatic carbocycles. The average molecular weight is 374 g/mol. The predicted molar refractivity (Wildman–Crippen MR) is 98.3 cm³/mol. The van der Waals surface area contributed by atoms with Gasteiger partial charge in [-0.3, -0.25) is 9.59 Å². The van der Waals surface area contributed by atoms with Gasteiger partial charge in [0.05, 0.1) is 11.6 Å². The number of likely N-dealkylation sites (N-methyl/N-ethyl adjacent to an activating group) is 1. The number of carbonyl (C=O) groups is 2. The Bertz CT molecular complexity index is 844. The summed E-state index contributed by atoms with van der Waals surface area (Å²) < 4.78 is 13.2. The van der Waals surface area contributed by atoms with Gasteiger partial charge < -0.3 is 14.9 Å². The smallest absolute Gasteiger partial charge is 0.295 e. The largest absolute Gasteiger partial charge is 0.507 e. The van der Waals surface area contributed by atoms with Crippen molar-refractivity contribution in [3.63, 3.8) is 0 Å². The summed E-state index contributed by atoms with van der Waals surface area (Å²) >= 11 is 1.42. The number of hydrogen-bond donors (Lipinski definition) is 1. The molecule has 1 fully saturated rings. The number of hydrogen-bond acceptors (Lipinski definition) is 5. The summed E-state index contributed by atoms with van der Waals surface area (Å²) in [6.45, 7) is 0.950. The highest BCUT2D eigenvalue weighted by Crippen LogP contribution is 2.40. The van der Waals surface area contributed by atoms with E-state index in [-0.39, 0.29) is 11.3 Å². The lowest BCUT2D eigenvalue weighted by Gasteiger charge is -2.25. The molecule has 0 aliphatic carbocycles. The number of likely N-dealkylation sites (tertiary alicyclic amines) is 1. The van der Waals surface area contributed by atoms with Crippen LogP contribution < -0.4 is 0 Å². The zero-order valence-corrected chi connectivity index (χ0v) is 15.3. The van der Waals surface area contributed by atoms with Crippen molar-refractivity contribution in [1.29, 1.82) is 0 Å². The van der Waals surface area contributed by atoms with Gasteiger partial charge in [0.2, 0.25) is 0 Å². The Labute approximate surface area is 155 Å². The van der Waals surface area contributed by atoms with Crippen molar-refractivity contribution >= 4 is 28.8 Å². The van der Waals surface area contributed by atoms with Crippen LogP contribution in [0.2, 0.25) is 0 Å². The van der Waals surface area contributed by atoms with Gasteiger partial charge in [-0.25, -0.2) is 4.39 Å². The van der Waals surface area contributed by atoms with E-state index in [4.69, 9.17) is 0 Å². The molecule has 2 aromatic rings. The highest BCUT2D eigenvalue weighted by atomic mass is 32.1. The standard InChI is InChI=1S/C19H19FN2O3S/c1-21(2)9-10-22-16(14-4-3-11-26-14)15(18(24)19(22)25)17(23)12-5-7-13(20)8-6-12/h3-8,11,16,23H,9-10H2,1-2H3/b17-15+/t16-/m1/s1. The number of aliphatic hydroxyl groups is 1. The number of thiophene rings is 1. The molecule has 26 heavy (non-hydrogen) atoms. The molecule has 1 N–H and O–H groups in total. The first kappa shape index (κ1) is 18.3. The topological polar surface area (TPSA) is 60.9 Å². The lowest BCUT2D eigenvalue weighted by atomic mass is 10.00. The fraction of sp³-hybridized carbons (Fsp3) is 0.263. The molecule has 5 nitrogen and oxygen atoms in total. The molecule has 1 amide bonds. The minimum absolute atomic E-state index is 0.0443. The zero-order valence-electron chi connectivity index (χ0n) is 14.5. The van der Waals surface area contributed by atoms with E-state index in [1.54, 1.807) is 0 Å². The minimum Gasteiger partial charge on any atom is -0.507 e. The van der Waals surface area contributed by atoms with Gasteiger partial charge in [-0.2, -0.15) is 0 Å². The van der Waals surface area contributed by atoms with Crippen LogP contribution in [0.3, 0.4) is 0 Å². The van der Waals surface area contributed by atoms with E-state index < -0.39 is 23.5 Å². The Balaban J connectivity index is 2.09. The predicted octanol–water partition coefficient (Wildman–Crippen LogP) is 2.87. The molecule has 0 spiro atoms. The first-order valence-electron chi connectivity index (χ1n) is 8.12. The molecule has 1 atom stereocenters. The maximum atomic E-state index is 13.2. The van der Waals surface area contributed by atoms with Gasteiger partial charge in [0, 0.05) is 23.5 Å². The number of benzene rings is 1. The van der Waals surface area contributed by atoms with Gasteiger partial charge in [-0.15, -0.1) is 11.3 Å². The molecule has 3 rings (SSSR count). The van der Waals surface area contributed by atoms with Crippen molar-refractivity contribution in [2.24, 2.45) is 0 Å². The zero-order chi connectivity index (χ0) is 18.8. The molecule has 7 heteroatoms. The van der Waals surface area contributed by atoms with Crippen molar-refractivity contribution in [3.05, 3.63) is 63.6 Å². The Morgan fingerprint density at radius 2 is 1.92 bits per heavy atom. The summed E-state index contributed by atoms with van der Waals surface area (Å²) in [4.78, 5) is 29.4. The number of aliphatic hydroxyl groups excluding tert-OH is 1. The highest BCUT2D eigenvalue weighted by Gasteiger charge is 2.46. The van der Waals surface area contributed by atoms with Crippen LogP contribution in [0, 0.1) is 5.82 Å². The number of nitrogens with zero attached hydrogens (tertiary/aromatic N) is 2. The van der Waals surface area contributed by atoms with Crippen LogP contribution in [0.1, 0.15) is 16.5 Å². The van der Waals surface area contributed by atoms with E-state index in [2.05, 4.69) is 0 Å². The first-order chi connectivity index (χ1) is 12.4. The molecule has 2 heterocycles. The number of carbonyl (C=O) groups excluding carboxylic acids is 2. The molecule has 1 aliphatic rings. The van der Waals surface area contributed by atoms with Gasteiger partial charge in [0.1, 0.15) is 11.6 Å². The highest BCUT2D eigenvalue weighted by molar-refractivity contribution is 7.10. The number of ketones is 1. The van der Waals surface area contributed by atoms with Crippen LogP contribution >= 0.6 is 11.3 Å². The third-order valence-electron chi connectivity index (χ3n) is 4.26. The van der Waals surface area contributed by atoms with Crippen LogP contribution in [-0.4, -0.2) is 53.8 Å². The van der Waals surface area contributed by atoms with Gasteiger partial charge in [-0.1, -0.05) is 6.07 Å². The van der Waals surface area contributed by atoms with Crippen LogP contribution in [0.25, 0.3) is 5.76 Å².